The molecule has 1 aliphatic carbocycles. The van der Waals surface area contributed by atoms with Crippen LogP contribution in [0.5, 0.6) is 0 Å². The Bertz CT molecular complexity index is 887. The van der Waals surface area contributed by atoms with Crippen LogP contribution < -0.4 is 10.2 Å². The van der Waals surface area contributed by atoms with Crippen LogP contribution in [0.3, 0.4) is 0 Å². The Labute approximate surface area is 183 Å². The third kappa shape index (κ3) is 8.55. The second kappa shape index (κ2) is 11.7. The van der Waals surface area contributed by atoms with E-state index in [0.717, 1.165) is 38.4 Å². The van der Waals surface area contributed by atoms with E-state index in [1.807, 2.05) is 6.07 Å². The van der Waals surface area contributed by atoms with Crippen molar-refractivity contribution in [2.24, 2.45) is 5.92 Å². The summed E-state index contributed by atoms with van der Waals surface area (Å²) in [4.78, 5) is 25.7. The first kappa shape index (κ1) is 24.6. The molecule has 0 saturated heterocycles. The Morgan fingerprint density at radius 3 is 2.39 bits per heavy atom. The lowest BCUT2D eigenvalue weighted by molar-refractivity contribution is -0.141. The van der Waals surface area contributed by atoms with Gasteiger partial charge in [-0.2, -0.15) is 13.7 Å². The van der Waals surface area contributed by atoms with Gasteiger partial charge < -0.3 is 10.1 Å². The first-order chi connectivity index (χ1) is 14.7. The van der Waals surface area contributed by atoms with Gasteiger partial charge in [0.25, 0.3) is 10.1 Å². The van der Waals surface area contributed by atoms with Crippen molar-refractivity contribution >= 4 is 27.8 Å². The second-order valence-corrected chi connectivity index (χ2v) is 9.26. The van der Waals surface area contributed by atoms with Crippen LogP contribution in [0.1, 0.15) is 44.1 Å². The van der Waals surface area contributed by atoms with Gasteiger partial charge in [-0.3, -0.25) is 13.9 Å². The number of urea groups is 1. The average Bonchev–Trinajstić information content (AvgIpc) is 2.75. The van der Waals surface area contributed by atoms with Gasteiger partial charge in [-0.25, -0.2) is 4.79 Å². The number of esters is 1. The zero-order valence-corrected chi connectivity index (χ0v) is 18.7. The van der Waals surface area contributed by atoms with Crippen LogP contribution >= 0.6 is 0 Å². The summed E-state index contributed by atoms with van der Waals surface area (Å²) in [6.45, 7) is -0.133. The van der Waals surface area contributed by atoms with Crippen molar-refractivity contribution in [1.29, 1.82) is 5.26 Å². The molecule has 31 heavy (non-hydrogen) atoms. The van der Waals surface area contributed by atoms with Crippen LogP contribution in [0.2, 0.25) is 0 Å². The number of methoxy groups -OCH3 is 1. The Morgan fingerprint density at radius 1 is 1.19 bits per heavy atom. The third-order valence-electron chi connectivity index (χ3n) is 5.32. The maximum Gasteiger partial charge on any atom is 0.322 e. The lowest BCUT2D eigenvalue weighted by Crippen LogP contribution is -2.47. The maximum absolute atomic E-state index is 12.9. The van der Waals surface area contributed by atoms with Gasteiger partial charge in [0, 0.05) is 18.2 Å². The van der Waals surface area contributed by atoms with E-state index in [1.165, 1.54) is 12.0 Å². The van der Waals surface area contributed by atoms with Gasteiger partial charge >= 0.3 is 12.0 Å². The molecule has 1 N–H and O–H groups in total. The number of benzene rings is 1. The van der Waals surface area contributed by atoms with Crippen LogP contribution in [0.15, 0.2) is 24.3 Å². The number of nitrogens with zero attached hydrogens (tertiary/aromatic N) is 2. The predicted molar refractivity (Wildman–Crippen MR) is 115 cm³/mol. The fourth-order valence-corrected chi connectivity index (χ4v) is 3.99. The third-order valence-corrected chi connectivity index (χ3v) is 5.92. The van der Waals surface area contributed by atoms with Crippen molar-refractivity contribution in [3.63, 3.8) is 0 Å². The van der Waals surface area contributed by atoms with Crippen molar-refractivity contribution in [1.82, 2.24) is 5.32 Å². The number of nitriles is 1. The van der Waals surface area contributed by atoms with Crippen LogP contribution in [0.4, 0.5) is 10.5 Å². The Morgan fingerprint density at radius 2 is 1.84 bits per heavy atom. The quantitative estimate of drug-likeness (QED) is 0.452. The fraction of sp³-hybridized carbons (Fsp3) is 0.571. The van der Waals surface area contributed by atoms with Gasteiger partial charge in [0.2, 0.25) is 0 Å². The van der Waals surface area contributed by atoms with Crippen molar-refractivity contribution in [3.05, 3.63) is 29.8 Å². The van der Waals surface area contributed by atoms with Crippen molar-refractivity contribution in [2.75, 3.05) is 31.4 Å². The van der Waals surface area contributed by atoms with Gasteiger partial charge in [-0.05, 0) is 62.3 Å². The van der Waals surface area contributed by atoms with Gasteiger partial charge in [0.05, 0.1) is 38.1 Å². The molecule has 0 aliphatic heterocycles. The number of anilines is 1. The molecule has 0 bridgehead atoms. The molecular formula is C21H29N3O6S. The van der Waals surface area contributed by atoms with Crippen molar-refractivity contribution in [3.8, 4) is 6.07 Å². The molecule has 2 amide bonds. The molecule has 0 atom stereocenters. The first-order valence-corrected chi connectivity index (χ1v) is 12.0. The van der Waals surface area contributed by atoms with E-state index < -0.39 is 10.1 Å². The molecular weight excluding hydrogens is 422 g/mol. The Balaban J connectivity index is 1.95. The maximum atomic E-state index is 12.9. The Kier molecular flexibility index (Phi) is 9.27. The summed E-state index contributed by atoms with van der Waals surface area (Å²) in [5.41, 5.74) is 1.00. The van der Waals surface area contributed by atoms with E-state index in [-0.39, 0.29) is 31.2 Å². The van der Waals surface area contributed by atoms with E-state index >= 15 is 0 Å². The molecule has 10 heteroatoms. The lowest BCUT2D eigenvalue weighted by atomic mass is 9.83. The first-order valence-electron chi connectivity index (χ1n) is 10.2. The number of hydrogen-bond acceptors (Lipinski definition) is 7. The summed E-state index contributed by atoms with van der Waals surface area (Å²) in [6.07, 6.45) is 5.58. The molecule has 1 aliphatic rings. The minimum atomic E-state index is -3.62. The molecule has 1 saturated carbocycles. The van der Waals surface area contributed by atoms with Crippen LogP contribution in [0.25, 0.3) is 0 Å². The zero-order chi connectivity index (χ0) is 22.9. The summed E-state index contributed by atoms with van der Waals surface area (Å²) in [7, 11) is -2.24. The van der Waals surface area contributed by atoms with Gasteiger partial charge in [0.15, 0.2) is 0 Å². The highest BCUT2D eigenvalue weighted by Crippen LogP contribution is 2.28. The van der Waals surface area contributed by atoms with Crippen LogP contribution in [-0.4, -0.2) is 53.0 Å². The largest absolute Gasteiger partial charge is 0.469 e. The van der Waals surface area contributed by atoms with Gasteiger partial charge in [-0.1, -0.05) is 0 Å². The highest BCUT2D eigenvalue weighted by molar-refractivity contribution is 7.85. The Hall–Kier alpha value is -2.64. The molecule has 1 fully saturated rings. The van der Waals surface area contributed by atoms with Crippen LogP contribution in [-0.2, 0) is 23.8 Å². The number of hydrogen-bond donors (Lipinski definition) is 1. The molecule has 2 rings (SSSR count). The molecule has 1 aromatic carbocycles. The number of rotatable bonds is 9. The number of carbonyl (C=O) groups is 2. The van der Waals surface area contributed by atoms with E-state index in [1.54, 1.807) is 24.3 Å². The van der Waals surface area contributed by atoms with E-state index in [9.17, 15) is 18.0 Å². The topological polar surface area (TPSA) is 126 Å². The van der Waals surface area contributed by atoms with E-state index in [4.69, 9.17) is 9.44 Å². The van der Waals surface area contributed by atoms with Crippen LogP contribution in [0, 0.1) is 17.2 Å². The van der Waals surface area contributed by atoms with Gasteiger partial charge in [0.1, 0.15) is 0 Å². The molecule has 9 nitrogen and oxygen atoms in total. The number of carbonyl (C=O) groups excluding carboxylic acids is 2. The standard InChI is InChI=1S/C21H29N3O6S/c1-29-20(25)12-7-16-3-8-18(9-4-16)23-21(26)24(13-14-30-31(2,27)28)19-10-5-17(15-22)6-11-19/h5-6,10-11,16,18H,3-4,7-9,12-14H2,1-2H3,(H,23,26). The average molecular weight is 452 g/mol. The summed E-state index contributed by atoms with van der Waals surface area (Å²) >= 11 is 0. The lowest BCUT2D eigenvalue weighted by Gasteiger charge is -2.31. The summed E-state index contributed by atoms with van der Waals surface area (Å²) in [6, 6.07) is 8.15. The fourth-order valence-electron chi connectivity index (χ4n) is 3.62. The summed E-state index contributed by atoms with van der Waals surface area (Å²) in [5.74, 6) is 0.231. The van der Waals surface area contributed by atoms with E-state index in [2.05, 4.69) is 10.1 Å². The van der Waals surface area contributed by atoms with Crippen molar-refractivity contribution in [2.45, 2.75) is 44.6 Å². The van der Waals surface area contributed by atoms with Crippen molar-refractivity contribution < 1.29 is 26.9 Å². The number of nitrogens with one attached hydrogen (secondary N) is 1. The van der Waals surface area contributed by atoms with Gasteiger partial charge in [-0.15, -0.1) is 0 Å². The number of ether oxygens (including phenoxy) is 1. The van der Waals surface area contributed by atoms with E-state index in [0.29, 0.717) is 23.6 Å². The minimum Gasteiger partial charge on any atom is -0.469 e. The SMILES string of the molecule is COC(=O)CCC1CCC(NC(=O)N(CCOS(C)(=O)=O)c2ccc(C#N)cc2)CC1. The molecule has 0 radical (unpaired) electrons. The normalized spacial score (nSPS) is 18.6. The molecule has 0 heterocycles. The zero-order valence-electron chi connectivity index (χ0n) is 17.9. The molecule has 1 aromatic rings. The highest BCUT2D eigenvalue weighted by atomic mass is 32.2. The molecule has 0 aromatic heterocycles. The predicted octanol–water partition coefficient (Wildman–Crippen LogP) is 2.56. The summed E-state index contributed by atoms with van der Waals surface area (Å²) in [5, 5.41) is 12.0. The summed E-state index contributed by atoms with van der Waals surface area (Å²) < 4.78 is 32.0. The highest BCUT2D eigenvalue weighted by Gasteiger charge is 2.25. The smallest absolute Gasteiger partial charge is 0.322 e. The minimum absolute atomic E-state index is 0.00131. The molecule has 170 valence electrons. The monoisotopic (exact) mass is 451 g/mol. The second-order valence-electron chi connectivity index (χ2n) is 7.62. The molecule has 0 unspecified atom stereocenters. The molecule has 0 spiro atoms. The number of amides is 2.